The van der Waals surface area contributed by atoms with Crippen molar-refractivity contribution in [1.82, 2.24) is 9.21 Å². The summed E-state index contributed by atoms with van der Waals surface area (Å²) in [6, 6.07) is 11.3. The molecule has 2 aromatic rings. The maximum atomic E-state index is 13.2. The minimum absolute atomic E-state index is 0.112. The number of ether oxygens (including phenoxy) is 1. The second-order valence-electron chi connectivity index (χ2n) is 6.52. The molecule has 0 spiro atoms. The van der Waals surface area contributed by atoms with Gasteiger partial charge in [-0.3, -0.25) is 4.90 Å². The van der Waals surface area contributed by atoms with Crippen LogP contribution in [0.2, 0.25) is 5.02 Å². The first-order valence-electron chi connectivity index (χ1n) is 8.95. The third-order valence-electron chi connectivity index (χ3n) is 4.64. The molecule has 0 aromatic heterocycles. The summed E-state index contributed by atoms with van der Waals surface area (Å²) in [6.07, 6.45) is -4.73. The molecule has 10 heteroatoms. The topological polar surface area (TPSA) is 49.9 Å². The summed E-state index contributed by atoms with van der Waals surface area (Å²) in [6.45, 7) is 1.95. The van der Waals surface area contributed by atoms with Crippen LogP contribution >= 0.6 is 11.6 Å². The van der Waals surface area contributed by atoms with E-state index >= 15 is 0 Å². The summed E-state index contributed by atoms with van der Waals surface area (Å²) in [7, 11) is -4.23. The van der Waals surface area contributed by atoms with Gasteiger partial charge in [0.25, 0.3) is 0 Å². The van der Waals surface area contributed by atoms with Gasteiger partial charge in [0.05, 0.1) is 15.5 Å². The van der Waals surface area contributed by atoms with Crippen LogP contribution in [-0.2, 0) is 16.2 Å². The molecule has 1 saturated heterocycles. The lowest BCUT2D eigenvalue weighted by Crippen LogP contribution is -2.49. The third-order valence-corrected chi connectivity index (χ3v) is 6.91. The number of hydrogen-bond donors (Lipinski definition) is 0. The lowest BCUT2D eigenvalue weighted by Gasteiger charge is -2.34. The monoisotopic (exact) mass is 448 g/mol. The lowest BCUT2D eigenvalue weighted by molar-refractivity contribution is -0.139. The van der Waals surface area contributed by atoms with Crippen LogP contribution in [0.25, 0.3) is 0 Å². The third kappa shape index (κ3) is 5.22. The summed E-state index contributed by atoms with van der Waals surface area (Å²) in [5.74, 6) is 0.569. The molecular weight excluding hydrogens is 429 g/mol. The van der Waals surface area contributed by atoms with Gasteiger partial charge in [-0.1, -0.05) is 35.9 Å². The Hall–Kier alpha value is -1.81. The van der Waals surface area contributed by atoms with Gasteiger partial charge in [-0.2, -0.15) is 17.5 Å². The van der Waals surface area contributed by atoms with E-state index in [1.165, 1.54) is 12.1 Å². The number of alkyl halides is 3. The van der Waals surface area contributed by atoms with E-state index in [-0.39, 0.29) is 13.1 Å². The van der Waals surface area contributed by atoms with Crippen molar-refractivity contribution in [2.45, 2.75) is 11.1 Å². The van der Waals surface area contributed by atoms with Gasteiger partial charge in [-0.25, -0.2) is 8.42 Å². The fourth-order valence-corrected chi connectivity index (χ4v) is 4.93. The van der Waals surface area contributed by atoms with Crippen molar-refractivity contribution in [3.05, 3.63) is 59.1 Å². The number of rotatable bonds is 6. The molecule has 5 nitrogen and oxygen atoms in total. The second kappa shape index (κ2) is 8.91. The molecule has 0 aliphatic carbocycles. The Labute approximate surface area is 172 Å². The summed E-state index contributed by atoms with van der Waals surface area (Å²) < 4.78 is 71.9. The van der Waals surface area contributed by atoms with Crippen LogP contribution in [0.4, 0.5) is 13.2 Å². The van der Waals surface area contributed by atoms with Crippen molar-refractivity contribution in [3.63, 3.8) is 0 Å². The predicted octanol–water partition coefficient (Wildman–Crippen LogP) is 3.74. The van der Waals surface area contributed by atoms with E-state index < -0.39 is 26.7 Å². The van der Waals surface area contributed by atoms with Gasteiger partial charge >= 0.3 is 6.18 Å². The normalized spacial score (nSPS) is 16.7. The van der Waals surface area contributed by atoms with Crippen molar-refractivity contribution in [2.75, 3.05) is 39.3 Å². The molecule has 1 aliphatic rings. The smallest absolute Gasteiger partial charge is 0.417 e. The molecule has 1 aliphatic heterocycles. The van der Waals surface area contributed by atoms with Crippen LogP contribution < -0.4 is 4.74 Å². The molecule has 0 amide bonds. The maximum absolute atomic E-state index is 13.2. The Morgan fingerprint density at radius 3 is 2.24 bits per heavy atom. The van der Waals surface area contributed by atoms with E-state index in [0.29, 0.717) is 37.0 Å². The summed E-state index contributed by atoms with van der Waals surface area (Å²) >= 11 is 6.03. The van der Waals surface area contributed by atoms with Crippen molar-refractivity contribution in [2.24, 2.45) is 0 Å². The zero-order chi connectivity index (χ0) is 21.1. The van der Waals surface area contributed by atoms with Gasteiger partial charge in [-0.05, 0) is 24.3 Å². The highest BCUT2D eigenvalue weighted by atomic mass is 35.5. The summed E-state index contributed by atoms with van der Waals surface area (Å²) in [4.78, 5) is 1.29. The molecule has 1 heterocycles. The first kappa shape index (κ1) is 21.9. The van der Waals surface area contributed by atoms with Gasteiger partial charge in [0, 0.05) is 32.7 Å². The highest BCUT2D eigenvalue weighted by molar-refractivity contribution is 7.89. The Morgan fingerprint density at radius 2 is 1.59 bits per heavy atom. The van der Waals surface area contributed by atoms with E-state index in [1.54, 1.807) is 18.2 Å². The first-order valence-corrected chi connectivity index (χ1v) is 10.8. The number of halogens is 4. The van der Waals surface area contributed by atoms with E-state index in [4.69, 9.17) is 16.3 Å². The van der Waals surface area contributed by atoms with Crippen molar-refractivity contribution in [1.29, 1.82) is 0 Å². The Bertz CT molecular complexity index is 946. The van der Waals surface area contributed by atoms with Crippen LogP contribution in [0.15, 0.2) is 53.4 Å². The molecule has 0 bridgehead atoms. The highest BCUT2D eigenvalue weighted by Crippen LogP contribution is 2.35. The Balaban J connectivity index is 1.58. The average molecular weight is 449 g/mol. The maximum Gasteiger partial charge on any atom is 0.417 e. The predicted molar refractivity (Wildman–Crippen MR) is 104 cm³/mol. The van der Waals surface area contributed by atoms with Crippen molar-refractivity contribution >= 4 is 21.6 Å². The average Bonchev–Trinajstić information content (AvgIpc) is 2.69. The highest BCUT2D eigenvalue weighted by Gasteiger charge is 2.39. The van der Waals surface area contributed by atoms with Crippen molar-refractivity contribution < 1.29 is 26.3 Å². The van der Waals surface area contributed by atoms with E-state index in [0.717, 1.165) is 16.4 Å². The van der Waals surface area contributed by atoms with E-state index in [2.05, 4.69) is 0 Å². The second-order valence-corrected chi connectivity index (χ2v) is 8.83. The largest absolute Gasteiger partial charge is 0.491 e. The summed E-state index contributed by atoms with van der Waals surface area (Å²) in [5.41, 5.74) is -1.14. The molecule has 29 heavy (non-hydrogen) atoms. The number of nitrogens with zero attached hydrogens (tertiary/aromatic N) is 2. The van der Waals surface area contributed by atoms with Gasteiger partial charge in [0.15, 0.2) is 0 Å². The molecule has 1 fully saturated rings. The van der Waals surface area contributed by atoms with Crippen LogP contribution in [0, 0.1) is 0 Å². The molecule has 3 rings (SSSR count). The Morgan fingerprint density at radius 1 is 0.966 bits per heavy atom. The number of para-hydroxylation sites is 1. The number of piperazine rings is 1. The molecule has 0 saturated carbocycles. The minimum atomic E-state index is -4.73. The van der Waals surface area contributed by atoms with Gasteiger partial charge in [0.1, 0.15) is 12.4 Å². The van der Waals surface area contributed by atoms with Crippen LogP contribution in [0.3, 0.4) is 0 Å². The number of hydrogen-bond acceptors (Lipinski definition) is 4. The number of sulfonamides is 1. The molecule has 158 valence electrons. The van der Waals surface area contributed by atoms with Crippen LogP contribution in [0.5, 0.6) is 5.75 Å². The molecule has 0 atom stereocenters. The van der Waals surface area contributed by atoms with Gasteiger partial charge < -0.3 is 4.74 Å². The summed E-state index contributed by atoms with van der Waals surface area (Å²) in [5, 5.41) is 0.506. The van der Waals surface area contributed by atoms with Crippen molar-refractivity contribution in [3.8, 4) is 5.75 Å². The first-order chi connectivity index (χ1) is 13.7. The molecule has 2 aromatic carbocycles. The molecule has 0 radical (unpaired) electrons. The zero-order valence-corrected chi connectivity index (χ0v) is 17.0. The Kier molecular flexibility index (Phi) is 6.72. The molecule has 0 N–H and O–H groups in total. The van der Waals surface area contributed by atoms with Gasteiger partial charge in [0.2, 0.25) is 10.0 Å². The quantitative estimate of drug-likeness (QED) is 0.675. The molecule has 0 unspecified atom stereocenters. The number of benzene rings is 2. The SMILES string of the molecule is O=S(=O)(c1ccccc1C(F)(F)F)N1CCN(CCOc2ccccc2Cl)CC1. The van der Waals surface area contributed by atoms with E-state index in [1.807, 2.05) is 11.0 Å². The van der Waals surface area contributed by atoms with E-state index in [9.17, 15) is 21.6 Å². The van der Waals surface area contributed by atoms with Crippen LogP contribution in [-0.4, -0.2) is 57.0 Å². The fourth-order valence-electron chi connectivity index (χ4n) is 3.10. The van der Waals surface area contributed by atoms with Crippen LogP contribution in [0.1, 0.15) is 5.56 Å². The fraction of sp³-hybridized carbons (Fsp3) is 0.368. The van der Waals surface area contributed by atoms with Gasteiger partial charge in [-0.15, -0.1) is 0 Å². The minimum Gasteiger partial charge on any atom is -0.491 e. The molecular formula is C19H20ClF3N2O3S. The lowest BCUT2D eigenvalue weighted by atomic mass is 10.2. The zero-order valence-electron chi connectivity index (χ0n) is 15.4. The standard InChI is InChI=1S/C19H20ClF3N2O3S/c20-16-6-2-3-7-17(16)28-14-13-24-9-11-25(12-10-24)29(26,27)18-8-4-1-5-15(18)19(21,22)23/h1-8H,9-14H2.